The minimum absolute atomic E-state index is 0.0160. The average molecular weight is 445 g/mol. The fourth-order valence-corrected chi connectivity index (χ4v) is 3.53. The number of carbonyl (C=O) groups is 2. The SMILES string of the molecule is COCCOc1ccc(C(=O)NC2CCC(NC(=O)c3[nH]c(=O)[nH]c(=O)c3N)CC2)cc1. The van der Waals surface area contributed by atoms with Crippen molar-refractivity contribution in [2.75, 3.05) is 26.1 Å². The van der Waals surface area contributed by atoms with Crippen LogP contribution >= 0.6 is 0 Å². The van der Waals surface area contributed by atoms with Crippen molar-refractivity contribution in [2.45, 2.75) is 37.8 Å². The molecule has 172 valence electrons. The molecule has 0 bridgehead atoms. The number of H-pyrrole nitrogens is 2. The first-order chi connectivity index (χ1) is 15.4. The Hall–Kier alpha value is -3.60. The van der Waals surface area contributed by atoms with E-state index in [9.17, 15) is 19.2 Å². The van der Waals surface area contributed by atoms with E-state index in [4.69, 9.17) is 15.2 Å². The first-order valence-electron chi connectivity index (χ1n) is 10.3. The number of amides is 2. The van der Waals surface area contributed by atoms with Gasteiger partial charge in [-0.25, -0.2) is 4.79 Å². The first kappa shape index (κ1) is 23.1. The Balaban J connectivity index is 1.47. The predicted molar refractivity (Wildman–Crippen MR) is 117 cm³/mol. The summed E-state index contributed by atoms with van der Waals surface area (Å²) in [6.07, 6.45) is 2.62. The molecule has 1 aliphatic rings. The van der Waals surface area contributed by atoms with E-state index in [1.807, 2.05) is 4.98 Å². The molecule has 1 saturated carbocycles. The van der Waals surface area contributed by atoms with Crippen LogP contribution in [0, 0.1) is 0 Å². The van der Waals surface area contributed by atoms with E-state index < -0.39 is 17.2 Å². The molecule has 0 aliphatic heterocycles. The summed E-state index contributed by atoms with van der Waals surface area (Å²) >= 11 is 0. The number of aromatic nitrogens is 2. The molecule has 1 fully saturated rings. The van der Waals surface area contributed by atoms with E-state index in [1.165, 1.54) is 0 Å². The van der Waals surface area contributed by atoms with Crippen LogP contribution in [0.1, 0.15) is 46.5 Å². The molecule has 1 heterocycles. The number of ether oxygens (including phenoxy) is 2. The number of nitrogen functional groups attached to an aromatic ring is 1. The van der Waals surface area contributed by atoms with Crippen molar-refractivity contribution in [1.82, 2.24) is 20.6 Å². The smallest absolute Gasteiger partial charge is 0.326 e. The van der Waals surface area contributed by atoms with Gasteiger partial charge in [-0.15, -0.1) is 0 Å². The van der Waals surface area contributed by atoms with Crippen LogP contribution < -0.4 is 32.4 Å². The normalized spacial score (nSPS) is 18.0. The van der Waals surface area contributed by atoms with Crippen LogP contribution in [-0.4, -0.2) is 54.2 Å². The van der Waals surface area contributed by atoms with Crippen molar-refractivity contribution in [1.29, 1.82) is 0 Å². The summed E-state index contributed by atoms with van der Waals surface area (Å²) in [5.74, 6) is -0.113. The van der Waals surface area contributed by atoms with E-state index in [2.05, 4.69) is 15.6 Å². The quantitative estimate of drug-likeness (QED) is 0.360. The molecule has 0 atom stereocenters. The largest absolute Gasteiger partial charge is 0.491 e. The molecule has 2 aromatic rings. The van der Waals surface area contributed by atoms with E-state index in [-0.39, 0.29) is 29.4 Å². The van der Waals surface area contributed by atoms with Gasteiger partial charge in [0.1, 0.15) is 23.7 Å². The highest BCUT2D eigenvalue weighted by Gasteiger charge is 2.25. The molecule has 11 heteroatoms. The monoisotopic (exact) mass is 445 g/mol. The van der Waals surface area contributed by atoms with Crippen molar-refractivity contribution in [3.8, 4) is 5.75 Å². The molecule has 2 amide bonds. The summed E-state index contributed by atoms with van der Waals surface area (Å²) in [6, 6.07) is 6.72. The lowest BCUT2D eigenvalue weighted by Crippen LogP contribution is -2.44. The number of hydrogen-bond acceptors (Lipinski definition) is 7. The van der Waals surface area contributed by atoms with E-state index in [0.717, 1.165) is 0 Å². The van der Waals surface area contributed by atoms with E-state index in [0.29, 0.717) is 50.2 Å². The summed E-state index contributed by atoms with van der Waals surface area (Å²) in [4.78, 5) is 52.1. The second-order valence-electron chi connectivity index (χ2n) is 7.56. The molecule has 3 rings (SSSR count). The lowest BCUT2D eigenvalue weighted by molar-refractivity contribution is 0.0889. The fourth-order valence-electron chi connectivity index (χ4n) is 3.53. The molecule has 1 aromatic carbocycles. The maximum absolute atomic E-state index is 12.5. The fraction of sp³-hybridized carbons (Fsp3) is 0.429. The number of methoxy groups -OCH3 is 1. The van der Waals surface area contributed by atoms with Gasteiger partial charge in [-0.2, -0.15) is 0 Å². The Morgan fingerprint density at radius 3 is 2.16 bits per heavy atom. The van der Waals surface area contributed by atoms with Gasteiger partial charge < -0.3 is 30.8 Å². The molecule has 0 unspecified atom stereocenters. The van der Waals surface area contributed by atoms with Crippen molar-refractivity contribution in [2.24, 2.45) is 0 Å². The van der Waals surface area contributed by atoms with E-state index >= 15 is 0 Å². The molecule has 0 saturated heterocycles. The number of hydrogen-bond donors (Lipinski definition) is 5. The summed E-state index contributed by atoms with van der Waals surface area (Å²) in [6.45, 7) is 0.922. The highest BCUT2D eigenvalue weighted by atomic mass is 16.5. The number of rotatable bonds is 8. The van der Waals surface area contributed by atoms with Crippen molar-refractivity contribution in [3.63, 3.8) is 0 Å². The highest BCUT2D eigenvalue weighted by molar-refractivity contribution is 5.97. The minimum atomic E-state index is -0.806. The van der Waals surface area contributed by atoms with Gasteiger partial charge in [0.2, 0.25) is 0 Å². The second kappa shape index (κ2) is 10.6. The summed E-state index contributed by atoms with van der Waals surface area (Å²) in [5, 5.41) is 5.80. The molecule has 6 N–H and O–H groups in total. The molecule has 11 nitrogen and oxygen atoms in total. The second-order valence-corrected chi connectivity index (χ2v) is 7.56. The Bertz CT molecular complexity index is 1050. The highest BCUT2D eigenvalue weighted by Crippen LogP contribution is 2.20. The number of aromatic amines is 2. The maximum Gasteiger partial charge on any atom is 0.326 e. The van der Waals surface area contributed by atoms with Crippen LogP contribution in [0.3, 0.4) is 0 Å². The molecular formula is C21H27N5O6. The van der Waals surface area contributed by atoms with Crippen LogP contribution in [-0.2, 0) is 4.74 Å². The number of anilines is 1. The lowest BCUT2D eigenvalue weighted by atomic mass is 9.91. The third-order valence-corrected chi connectivity index (χ3v) is 5.28. The van der Waals surface area contributed by atoms with Crippen molar-refractivity contribution < 1.29 is 19.1 Å². The third kappa shape index (κ3) is 5.97. The number of carbonyl (C=O) groups excluding carboxylic acids is 2. The molecule has 1 aromatic heterocycles. The van der Waals surface area contributed by atoms with Gasteiger partial charge in [-0.3, -0.25) is 19.4 Å². The summed E-state index contributed by atoms with van der Waals surface area (Å²) in [7, 11) is 1.60. The van der Waals surface area contributed by atoms with Crippen LogP contribution in [0.4, 0.5) is 5.69 Å². The molecule has 0 radical (unpaired) electrons. The van der Waals surface area contributed by atoms with Gasteiger partial charge >= 0.3 is 5.69 Å². The Labute approximate surface area is 183 Å². The van der Waals surface area contributed by atoms with Gasteiger partial charge in [0, 0.05) is 24.8 Å². The van der Waals surface area contributed by atoms with Gasteiger partial charge in [0.15, 0.2) is 0 Å². The zero-order valence-electron chi connectivity index (χ0n) is 17.7. The van der Waals surface area contributed by atoms with Gasteiger partial charge in [-0.1, -0.05) is 0 Å². The van der Waals surface area contributed by atoms with Crippen molar-refractivity contribution >= 4 is 17.5 Å². The lowest BCUT2D eigenvalue weighted by Gasteiger charge is -2.29. The predicted octanol–water partition coefficient (Wildman–Crippen LogP) is 0.142. The Morgan fingerprint density at radius 2 is 1.56 bits per heavy atom. The Morgan fingerprint density at radius 1 is 0.969 bits per heavy atom. The summed E-state index contributed by atoms with van der Waals surface area (Å²) in [5.41, 5.74) is 3.95. The topological polar surface area (TPSA) is 168 Å². The molecule has 0 spiro atoms. The Kier molecular flexibility index (Phi) is 7.66. The number of nitrogens with two attached hydrogens (primary N) is 1. The third-order valence-electron chi connectivity index (χ3n) is 5.28. The minimum Gasteiger partial charge on any atom is -0.491 e. The first-order valence-corrected chi connectivity index (χ1v) is 10.3. The molecule has 32 heavy (non-hydrogen) atoms. The number of nitrogens with one attached hydrogen (secondary N) is 4. The summed E-state index contributed by atoms with van der Waals surface area (Å²) < 4.78 is 10.4. The van der Waals surface area contributed by atoms with Gasteiger partial charge in [-0.05, 0) is 49.9 Å². The average Bonchev–Trinajstić information content (AvgIpc) is 2.78. The van der Waals surface area contributed by atoms with Crippen LogP contribution in [0.2, 0.25) is 0 Å². The van der Waals surface area contributed by atoms with Crippen LogP contribution in [0.25, 0.3) is 0 Å². The zero-order chi connectivity index (χ0) is 23.1. The molecule has 1 aliphatic carbocycles. The molecular weight excluding hydrogens is 418 g/mol. The van der Waals surface area contributed by atoms with Crippen molar-refractivity contribution in [3.05, 3.63) is 56.4 Å². The van der Waals surface area contributed by atoms with Gasteiger partial charge in [0.05, 0.1) is 6.61 Å². The van der Waals surface area contributed by atoms with E-state index in [1.54, 1.807) is 31.4 Å². The van der Waals surface area contributed by atoms with Gasteiger partial charge in [0.25, 0.3) is 17.4 Å². The van der Waals surface area contributed by atoms with Crippen LogP contribution in [0.15, 0.2) is 33.9 Å². The number of benzene rings is 1. The standard InChI is InChI=1S/C21H27N5O6/c1-31-10-11-32-15-8-2-12(3-9-15)18(27)23-13-4-6-14(7-5-13)24-20(29)17-16(22)19(28)26-21(30)25-17/h2-3,8-9,13-14H,4-7,10-11,22H2,1H3,(H,23,27)(H,24,29)(H2,25,26,28,30). The van der Waals surface area contributed by atoms with Crippen LogP contribution in [0.5, 0.6) is 5.75 Å². The zero-order valence-corrected chi connectivity index (χ0v) is 17.7. The maximum atomic E-state index is 12.5.